The van der Waals surface area contributed by atoms with Crippen molar-refractivity contribution in [3.8, 4) is 0 Å². The quantitative estimate of drug-likeness (QED) is 0.775. The van der Waals surface area contributed by atoms with E-state index < -0.39 is 5.97 Å². The molecule has 0 heterocycles. The second-order valence-corrected chi connectivity index (χ2v) is 5.11. The van der Waals surface area contributed by atoms with E-state index in [1.165, 1.54) is 11.9 Å². The van der Waals surface area contributed by atoms with Crippen molar-refractivity contribution in [1.29, 1.82) is 0 Å². The minimum absolute atomic E-state index is 0.0692. The van der Waals surface area contributed by atoms with Gasteiger partial charge in [0.05, 0.1) is 0 Å². The van der Waals surface area contributed by atoms with Crippen molar-refractivity contribution in [3.05, 3.63) is 0 Å². The fourth-order valence-electron chi connectivity index (χ4n) is 1.02. The first-order valence-electron chi connectivity index (χ1n) is 5.10. The molecule has 0 saturated carbocycles. The van der Waals surface area contributed by atoms with Gasteiger partial charge in [0.25, 0.3) is 0 Å². The molecular weight excluding hydrogens is 194 g/mol. The number of hydrogen-bond donors (Lipinski definition) is 1. The second kappa shape index (κ2) is 5.14. The van der Waals surface area contributed by atoms with Crippen molar-refractivity contribution < 1.29 is 14.7 Å². The molecule has 1 amide bonds. The van der Waals surface area contributed by atoms with Crippen LogP contribution in [-0.2, 0) is 9.59 Å². The van der Waals surface area contributed by atoms with Crippen LogP contribution in [0.1, 0.15) is 34.1 Å². The highest BCUT2D eigenvalue weighted by atomic mass is 16.4. The van der Waals surface area contributed by atoms with Crippen LogP contribution in [0.25, 0.3) is 0 Å². The number of carbonyl (C=O) groups excluding carboxylic acids is 1. The standard InChI is InChI=1S/C11H21NO3/c1-8(11(2,3)4)6-9(13)12(5)7-10(14)15/h8H,6-7H2,1-5H3,(H,14,15). The molecule has 0 aromatic heterocycles. The van der Waals surface area contributed by atoms with E-state index in [9.17, 15) is 9.59 Å². The molecule has 1 unspecified atom stereocenters. The van der Waals surface area contributed by atoms with Crippen molar-refractivity contribution >= 4 is 11.9 Å². The third-order valence-electron chi connectivity index (χ3n) is 2.76. The lowest BCUT2D eigenvalue weighted by molar-refractivity contribution is -0.144. The van der Waals surface area contributed by atoms with Gasteiger partial charge in [-0.05, 0) is 11.3 Å². The van der Waals surface area contributed by atoms with Crippen LogP contribution >= 0.6 is 0 Å². The Balaban J connectivity index is 4.19. The van der Waals surface area contributed by atoms with E-state index in [4.69, 9.17) is 5.11 Å². The maximum atomic E-state index is 11.6. The Morgan fingerprint density at radius 2 is 1.80 bits per heavy atom. The lowest BCUT2D eigenvalue weighted by Gasteiger charge is -2.28. The monoisotopic (exact) mass is 215 g/mol. The van der Waals surface area contributed by atoms with E-state index in [1.807, 2.05) is 6.92 Å². The summed E-state index contributed by atoms with van der Waals surface area (Å²) in [7, 11) is 1.52. The fraction of sp³-hybridized carbons (Fsp3) is 0.818. The topological polar surface area (TPSA) is 57.6 Å². The largest absolute Gasteiger partial charge is 0.480 e. The number of likely N-dealkylation sites (N-methyl/N-ethyl adjacent to an activating group) is 1. The van der Waals surface area contributed by atoms with Crippen LogP contribution in [-0.4, -0.2) is 35.5 Å². The van der Waals surface area contributed by atoms with Crippen molar-refractivity contribution in [3.63, 3.8) is 0 Å². The molecule has 0 aromatic carbocycles. The number of carbonyl (C=O) groups is 2. The van der Waals surface area contributed by atoms with Crippen LogP contribution in [0.15, 0.2) is 0 Å². The number of nitrogens with zero attached hydrogens (tertiary/aromatic N) is 1. The van der Waals surface area contributed by atoms with E-state index >= 15 is 0 Å². The molecule has 4 heteroatoms. The Bertz CT molecular complexity index is 243. The molecule has 0 aliphatic carbocycles. The maximum absolute atomic E-state index is 11.6. The minimum atomic E-state index is -0.978. The van der Waals surface area contributed by atoms with Crippen LogP contribution in [0.2, 0.25) is 0 Å². The van der Waals surface area contributed by atoms with Crippen LogP contribution in [0.4, 0.5) is 0 Å². The summed E-state index contributed by atoms with van der Waals surface area (Å²) in [6, 6.07) is 0. The smallest absolute Gasteiger partial charge is 0.323 e. The van der Waals surface area contributed by atoms with E-state index in [2.05, 4.69) is 20.8 Å². The van der Waals surface area contributed by atoms with Gasteiger partial charge in [0.1, 0.15) is 6.54 Å². The molecule has 15 heavy (non-hydrogen) atoms. The Morgan fingerprint density at radius 1 is 1.33 bits per heavy atom. The molecule has 0 aliphatic heterocycles. The molecule has 0 fully saturated rings. The van der Waals surface area contributed by atoms with Gasteiger partial charge in [0.2, 0.25) is 5.91 Å². The third-order valence-corrected chi connectivity index (χ3v) is 2.76. The molecule has 88 valence electrons. The molecule has 0 bridgehead atoms. The van der Waals surface area contributed by atoms with Gasteiger partial charge in [-0.2, -0.15) is 0 Å². The molecule has 0 aliphatic rings. The molecule has 0 rings (SSSR count). The van der Waals surface area contributed by atoms with E-state index in [-0.39, 0.29) is 23.8 Å². The lowest BCUT2D eigenvalue weighted by atomic mass is 9.80. The Labute approximate surface area is 91.3 Å². The van der Waals surface area contributed by atoms with Gasteiger partial charge in [-0.1, -0.05) is 27.7 Å². The Morgan fingerprint density at radius 3 is 2.13 bits per heavy atom. The molecule has 0 aromatic rings. The normalized spacial score (nSPS) is 13.4. The van der Waals surface area contributed by atoms with Crippen LogP contribution in [0.5, 0.6) is 0 Å². The summed E-state index contributed by atoms with van der Waals surface area (Å²) >= 11 is 0. The van der Waals surface area contributed by atoms with Gasteiger partial charge in [0, 0.05) is 13.5 Å². The minimum Gasteiger partial charge on any atom is -0.480 e. The van der Waals surface area contributed by atoms with Crippen LogP contribution < -0.4 is 0 Å². The summed E-state index contributed by atoms with van der Waals surface area (Å²) < 4.78 is 0. The first-order valence-corrected chi connectivity index (χ1v) is 5.10. The second-order valence-electron chi connectivity index (χ2n) is 5.11. The maximum Gasteiger partial charge on any atom is 0.323 e. The average Bonchev–Trinajstić information content (AvgIpc) is 2.00. The number of aliphatic carboxylic acids is 1. The highest BCUT2D eigenvalue weighted by molar-refractivity contribution is 5.81. The Hall–Kier alpha value is -1.06. The summed E-state index contributed by atoms with van der Waals surface area (Å²) in [4.78, 5) is 23.3. The van der Waals surface area contributed by atoms with Crippen LogP contribution in [0, 0.1) is 11.3 Å². The van der Waals surface area contributed by atoms with Gasteiger partial charge in [0.15, 0.2) is 0 Å². The molecule has 1 N–H and O–H groups in total. The first kappa shape index (κ1) is 13.9. The molecule has 0 saturated heterocycles. The third kappa shape index (κ3) is 5.40. The van der Waals surface area contributed by atoms with Crippen molar-refractivity contribution in [2.24, 2.45) is 11.3 Å². The molecule has 0 radical (unpaired) electrons. The van der Waals surface area contributed by atoms with Crippen LogP contribution in [0.3, 0.4) is 0 Å². The zero-order valence-electron chi connectivity index (χ0n) is 10.2. The SMILES string of the molecule is CC(CC(=O)N(C)CC(=O)O)C(C)(C)C. The van der Waals surface area contributed by atoms with E-state index in [0.717, 1.165) is 0 Å². The number of hydrogen-bond acceptors (Lipinski definition) is 2. The van der Waals surface area contributed by atoms with Gasteiger partial charge in [-0.25, -0.2) is 0 Å². The predicted molar refractivity (Wildman–Crippen MR) is 58.5 cm³/mol. The first-order chi connectivity index (χ1) is 6.64. The zero-order valence-corrected chi connectivity index (χ0v) is 10.2. The summed E-state index contributed by atoms with van der Waals surface area (Å²) in [5.41, 5.74) is 0.0692. The Kier molecular flexibility index (Phi) is 4.78. The zero-order chi connectivity index (χ0) is 12.2. The van der Waals surface area contributed by atoms with E-state index in [0.29, 0.717) is 6.42 Å². The number of amides is 1. The molecule has 1 atom stereocenters. The predicted octanol–water partition coefficient (Wildman–Crippen LogP) is 1.60. The van der Waals surface area contributed by atoms with Gasteiger partial charge < -0.3 is 10.0 Å². The van der Waals surface area contributed by atoms with Gasteiger partial charge >= 0.3 is 5.97 Å². The summed E-state index contributed by atoms with van der Waals surface area (Å²) in [5, 5.41) is 8.53. The molecular formula is C11H21NO3. The summed E-state index contributed by atoms with van der Waals surface area (Å²) in [6.07, 6.45) is 0.396. The summed E-state index contributed by atoms with van der Waals surface area (Å²) in [5.74, 6) is -0.852. The number of carboxylic acids is 1. The van der Waals surface area contributed by atoms with Gasteiger partial charge in [-0.3, -0.25) is 9.59 Å². The van der Waals surface area contributed by atoms with Crippen molar-refractivity contribution in [1.82, 2.24) is 4.90 Å². The highest BCUT2D eigenvalue weighted by Gasteiger charge is 2.24. The van der Waals surface area contributed by atoms with Gasteiger partial charge in [-0.15, -0.1) is 0 Å². The average molecular weight is 215 g/mol. The molecule has 4 nitrogen and oxygen atoms in total. The lowest BCUT2D eigenvalue weighted by Crippen LogP contribution is -2.34. The van der Waals surface area contributed by atoms with E-state index in [1.54, 1.807) is 0 Å². The molecule has 0 spiro atoms. The number of rotatable bonds is 4. The van der Waals surface area contributed by atoms with Crippen molar-refractivity contribution in [2.75, 3.05) is 13.6 Å². The fourth-order valence-corrected chi connectivity index (χ4v) is 1.02. The highest BCUT2D eigenvalue weighted by Crippen LogP contribution is 2.28. The van der Waals surface area contributed by atoms with Crippen molar-refractivity contribution in [2.45, 2.75) is 34.1 Å². The summed E-state index contributed by atoms with van der Waals surface area (Å²) in [6.45, 7) is 7.99. The number of carboxylic acid groups (broad SMARTS) is 1.